The molecule has 1 aromatic heterocycles. The molecule has 2 rings (SSSR count). The van der Waals surface area contributed by atoms with Crippen LogP contribution in [-0.2, 0) is 11.3 Å². The molecule has 0 saturated carbocycles. The maximum absolute atomic E-state index is 10.9. The van der Waals surface area contributed by atoms with Crippen molar-refractivity contribution >= 4 is 16.7 Å². The molecule has 1 heterocycles. The molecule has 0 radical (unpaired) electrons. The van der Waals surface area contributed by atoms with Gasteiger partial charge in [-0.1, -0.05) is 19.4 Å². The second kappa shape index (κ2) is 7.10. The number of unbranched alkanes of at least 4 members (excludes halogenated alkanes) is 1. The number of aryl methyl sites for hydroxylation is 1. The molecule has 0 amide bonds. The number of hydrogen-bond donors (Lipinski definition) is 1. The maximum Gasteiger partial charge on any atom is 0.335 e. The van der Waals surface area contributed by atoms with Crippen molar-refractivity contribution in [1.82, 2.24) is 4.57 Å². The molecule has 2 aromatic rings. The number of carbonyl (C=O) groups is 1. The number of carboxylic acids is 1. The molecule has 4 nitrogen and oxygen atoms in total. The second-order valence-electron chi connectivity index (χ2n) is 4.96. The molecule has 0 aliphatic carbocycles. The van der Waals surface area contributed by atoms with Gasteiger partial charge < -0.3 is 14.4 Å². The van der Waals surface area contributed by atoms with Crippen LogP contribution in [0.25, 0.3) is 10.8 Å². The Bertz CT molecular complexity index is 574. The highest BCUT2D eigenvalue weighted by Crippen LogP contribution is 2.17. The molecule has 1 N–H and O–H groups in total. The number of hydrogen-bond acceptors (Lipinski definition) is 2. The second-order valence-corrected chi connectivity index (χ2v) is 4.96. The number of rotatable bonds is 8. The quantitative estimate of drug-likeness (QED) is 0.750. The van der Waals surface area contributed by atoms with Gasteiger partial charge in [0.05, 0.1) is 5.56 Å². The van der Waals surface area contributed by atoms with Gasteiger partial charge in [0.2, 0.25) is 0 Å². The van der Waals surface area contributed by atoms with Crippen molar-refractivity contribution in [3.05, 3.63) is 36.2 Å². The Labute approximate surface area is 119 Å². The zero-order valence-electron chi connectivity index (χ0n) is 11.8. The van der Waals surface area contributed by atoms with Gasteiger partial charge in [0, 0.05) is 37.5 Å². The summed E-state index contributed by atoms with van der Waals surface area (Å²) in [4.78, 5) is 10.9. The van der Waals surface area contributed by atoms with E-state index >= 15 is 0 Å². The minimum atomic E-state index is -0.885. The fraction of sp³-hybridized carbons (Fsp3) is 0.438. The lowest BCUT2D eigenvalue weighted by molar-refractivity contribution is 0.0697. The standard InChI is InChI=1S/C16H21NO3/c1-2-3-8-20-9-4-7-17-11-14-6-5-13(16(18)19)10-15(14)12-17/h5-6,10-12H,2-4,7-9H2,1H3,(H,18,19). The molecular weight excluding hydrogens is 254 g/mol. The van der Waals surface area contributed by atoms with Gasteiger partial charge in [0.1, 0.15) is 0 Å². The number of aromatic carboxylic acids is 1. The molecular formula is C16H21NO3. The van der Waals surface area contributed by atoms with Gasteiger partial charge in [0.15, 0.2) is 0 Å². The fourth-order valence-electron chi connectivity index (χ4n) is 2.16. The zero-order valence-corrected chi connectivity index (χ0v) is 11.8. The average Bonchev–Trinajstić information content (AvgIpc) is 2.84. The zero-order chi connectivity index (χ0) is 14.4. The van der Waals surface area contributed by atoms with E-state index in [0.29, 0.717) is 5.56 Å². The van der Waals surface area contributed by atoms with Crippen LogP contribution in [0.1, 0.15) is 36.5 Å². The number of nitrogens with zero attached hydrogens (tertiary/aromatic N) is 1. The van der Waals surface area contributed by atoms with Gasteiger partial charge in [0.25, 0.3) is 0 Å². The Balaban J connectivity index is 1.89. The molecule has 108 valence electrons. The molecule has 20 heavy (non-hydrogen) atoms. The number of carboxylic acid groups (broad SMARTS) is 1. The van der Waals surface area contributed by atoms with E-state index in [9.17, 15) is 4.79 Å². The Morgan fingerprint density at radius 2 is 1.95 bits per heavy atom. The van der Waals surface area contributed by atoms with Crippen molar-refractivity contribution in [2.45, 2.75) is 32.7 Å². The van der Waals surface area contributed by atoms with E-state index in [4.69, 9.17) is 9.84 Å². The summed E-state index contributed by atoms with van der Waals surface area (Å²) in [6, 6.07) is 5.21. The van der Waals surface area contributed by atoms with E-state index in [1.54, 1.807) is 12.1 Å². The summed E-state index contributed by atoms with van der Waals surface area (Å²) in [5.74, 6) is -0.885. The van der Waals surface area contributed by atoms with Crippen LogP contribution in [0.2, 0.25) is 0 Å². The lowest BCUT2D eigenvalue weighted by Crippen LogP contribution is -2.01. The molecule has 1 aromatic carbocycles. The first-order valence-electron chi connectivity index (χ1n) is 7.11. The molecule has 0 aliphatic heterocycles. The van der Waals surface area contributed by atoms with E-state index in [1.165, 1.54) is 0 Å². The summed E-state index contributed by atoms with van der Waals surface area (Å²) in [6.45, 7) is 4.66. The largest absolute Gasteiger partial charge is 0.478 e. The van der Waals surface area contributed by atoms with Crippen LogP contribution in [0.5, 0.6) is 0 Å². The average molecular weight is 275 g/mol. The Hall–Kier alpha value is -1.81. The maximum atomic E-state index is 10.9. The first-order valence-corrected chi connectivity index (χ1v) is 7.11. The number of fused-ring (bicyclic) bond motifs is 1. The summed E-state index contributed by atoms with van der Waals surface area (Å²) in [5, 5.41) is 11.0. The summed E-state index contributed by atoms with van der Waals surface area (Å²) in [6.07, 6.45) is 7.29. The Morgan fingerprint density at radius 3 is 2.70 bits per heavy atom. The van der Waals surface area contributed by atoms with Gasteiger partial charge in [-0.2, -0.15) is 0 Å². The van der Waals surface area contributed by atoms with Crippen LogP contribution in [0.3, 0.4) is 0 Å². The van der Waals surface area contributed by atoms with Gasteiger partial charge in [-0.3, -0.25) is 0 Å². The van der Waals surface area contributed by atoms with E-state index in [1.807, 2.05) is 18.5 Å². The summed E-state index contributed by atoms with van der Waals surface area (Å²) < 4.78 is 7.63. The van der Waals surface area contributed by atoms with Crippen LogP contribution in [0.15, 0.2) is 30.6 Å². The number of ether oxygens (including phenoxy) is 1. The first-order chi connectivity index (χ1) is 9.70. The minimum Gasteiger partial charge on any atom is -0.478 e. The Morgan fingerprint density at radius 1 is 1.20 bits per heavy atom. The highest BCUT2D eigenvalue weighted by atomic mass is 16.5. The number of benzene rings is 1. The van der Waals surface area contributed by atoms with E-state index in [-0.39, 0.29) is 0 Å². The normalized spacial score (nSPS) is 11.1. The van der Waals surface area contributed by atoms with Crippen molar-refractivity contribution in [1.29, 1.82) is 0 Å². The van der Waals surface area contributed by atoms with Gasteiger partial charge in [-0.05, 0) is 30.4 Å². The fourth-order valence-corrected chi connectivity index (χ4v) is 2.16. The first kappa shape index (κ1) is 14.6. The van der Waals surface area contributed by atoms with E-state index in [0.717, 1.165) is 49.8 Å². The smallest absolute Gasteiger partial charge is 0.335 e. The summed E-state index contributed by atoms with van der Waals surface area (Å²) in [7, 11) is 0. The molecule has 4 heteroatoms. The predicted molar refractivity (Wildman–Crippen MR) is 79.2 cm³/mol. The highest BCUT2D eigenvalue weighted by molar-refractivity contribution is 5.94. The monoisotopic (exact) mass is 275 g/mol. The topological polar surface area (TPSA) is 51.5 Å². The summed E-state index contributed by atoms with van der Waals surface area (Å²) in [5.41, 5.74) is 0.332. The molecule has 0 bridgehead atoms. The molecule has 0 aliphatic rings. The molecule has 0 unspecified atom stereocenters. The molecule has 0 atom stereocenters. The lowest BCUT2D eigenvalue weighted by Gasteiger charge is -2.04. The van der Waals surface area contributed by atoms with Crippen molar-refractivity contribution < 1.29 is 14.6 Å². The molecule has 0 saturated heterocycles. The third kappa shape index (κ3) is 3.84. The van der Waals surface area contributed by atoms with Crippen LogP contribution < -0.4 is 0 Å². The van der Waals surface area contributed by atoms with Crippen LogP contribution in [0.4, 0.5) is 0 Å². The van der Waals surface area contributed by atoms with Crippen molar-refractivity contribution in [2.75, 3.05) is 13.2 Å². The van der Waals surface area contributed by atoms with Crippen molar-refractivity contribution in [2.24, 2.45) is 0 Å². The van der Waals surface area contributed by atoms with E-state index in [2.05, 4.69) is 11.5 Å². The van der Waals surface area contributed by atoms with Crippen molar-refractivity contribution in [3.63, 3.8) is 0 Å². The molecule has 0 fully saturated rings. The lowest BCUT2D eigenvalue weighted by atomic mass is 10.1. The minimum absolute atomic E-state index is 0.332. The predicted octanol–water partition coefficient (Wildman–Crippen LogP) is 3.55. The SMILES string of the molecule is CCCCOCCCn1cc2ccc(C(=O)O)cc2c1. The number of aromatic nitrogens is 1. The van der Waals surface area contributed by atoms with Crippen LogP contribution >= 0.6 is 0 Å². The van der Waals surface area contributed by atoms with Crippen LogP contribution in [-0.4, -0.2) is 28.9 Å². The highest BCUT2D eigenvalue weighted by Gasteiger charge is 2.05. The third-order valence-electron chi connectivity index (χ3n) is 3.29. The Kier molecular flexibility index (Phi) is 5.18. The van der Waals surface area contributed by atoms with Gasteiger partial charge >= 0.3 is 5.97 Å². The third-order valence-corrected chi connectivity index (χ3v) is 3.29. The summed E-state index contributed by atoms with van der Waals surface area (Å²) >= 11 is 0. The molecule has 0 spiro atoms. The van der Waals surface area contributed by atoms with Gasteiger partial charge in [-0.15, -0.1) is 0 Å². The van der Waals surface area contributed by atoms with E-state index < -0.39 is 5.97 Å². The van der Waals surface area contributed by atoms with Crippen molar-refractivity contribution in [3.8, 4) is 0 Å². The van der Waals surface area contributed by atoms with Gasteiger partial charge in [-0.25, -0.2) is 4.79 Å². The van der Waals surface area contributed by atoms with Crippen LogP contribution in [0, 0.1) is 0 Å².